The van der Waals surface area contributed by atoms with E-state index in [-0.39, 0.29) is 5.56 Å². The van der Waals surface area contributed by atoms with Crippen molar-refractivity contribution in [1.29, 1.82) is 0 Å². The van der Waals surface area contributed by atoms with Crippen LogP contribution in [0.15, 0.2) is 17.1 Å². The van der Waals surface area contributed by atoms with Gasteiger partial charge >= 0.3 is 5.97 Å². The lowest BCUT2D eigenvalue weighted by Gasteiger charge is -2.09. The van der Waals surface area contributed by atoms with Crippen LogP contribution in [0.25, 0.3) is 0 Å². The minimum Gasteiger partial charge on any atom is -0.477 e. The van der Waals surface area contributed by atoms with Crippen LogP contribution in [0, 0.1) is 19.3 Å². The van der Waals surface area contributed by atoms with Crippen molar-refractivity contribution >= 4 is 5.97 Å². The molecule has 1 heterocycles. The number of carboxylic acid groups (broad SMARTS) is 1. The first kappa shape index (κ1) is 11.1. The maximum atomic E-state index is 11.3. The summed E-state index contributed by atoms with van der Waals surface area (Å²) < 4.78 is 1.67. The van der Waals surface area contributed by atoms with E-state index >= 15 is 0 Å². The number of aromatic nitrogens is 1. The number of aromatic carboxylic acids is 1. The van der Waals surface area contributed by atoms with Gasteiger partial charge in [-0.15, -0.1) is 12.3 Å². The molecule has 0 fully saturated rings. The van der Waals surface area contributed by atoms with Gasteiger partial charge in [-0.1, -0.05) is 0 Å². The number of rotatable bonds is 3. The highest BCUT2D eigenvalue weighted by Gasteiger charge is 2.09. The molecule has 0 radical (unpaired) electrons. The van der Waals surface area contributed by atoms with Crippen molar-refractivity contribution in [2.45, 2.75) is 19.9 Å². The Bertz CT molecular complexity index is 480. The molecular weight excluding hydrogens is 194 g/mol. The van der Waals surface area contributed by atoms with Gasteiger partial charge in [0, 0.05) is 30.9 Å². The van der Waals surface area contributed by atoms with Gasteiger partial charge in [0.05, 0.1) is 0 Å². The van der Waals surface area contributed by atoms with Crippen molar-refractivity contribution in [1.82, 2.24) is 4.57 Å². The molecule has 0 aromatic carbocycles. The molecule has 0 bridgehead atoms. The molecule has 1 N–H and O–H groups in total. The second-order valence-corrected chi connectivity index (χ2v) is 3.15. The van der Waals surface area contributed by atoms with Crippen LogP contribution in [-0.4, -0.2) is 15.6 Å². The van der Waals surface area contributed by atoms with Gasteiger partial charge in [-0.25, -0.2) is 4.79 Å². The van der Waals surface area contributed by atoms with E-state index in [9.17, 15) is 9.59 Å². The molecule has 0 saturated carbocycles. The maximum absolute atomic E-state index is 11.3. The van der Waals surface area contributed by atoms with Gasteiger partial charge in [-0.3, -0.25) is 4.79 Å². The van der Waals surface area contributed by atoms with Crippen molar-refractivity contribution in [3.05, 3.63) is 33.7 Å². The summed E-state index contributed by atoms with van der Waals surface area (Å²) >= 11 is 0. The number of pyridine rings is 1. The fourth-order valence-electron chi connectivity index (χ4n) is 1.26. The first-order valence-electron chi connectivity index (χ1n) is 4.44. The molecule has 4 heteroatoms. The predicted molar refractivity (Wildman–Crippen MR) is 55.8 cm³/mol. The van der Waals surface area contributed by atoms with Crippen LogP contribution in [0.5, 0.6) is 0 Å². The van der Waals surface area contributed by atoms with Crippen molar-refractivity contribution in [2.75, 3.05) is 0 Å². The molecule has 0 spiro atoms. The van der Waals surface area contributed by atoms with Crippen LogP contribution in [0.4, 0.5) is 0 Å². The molecule has 4 nitrogen and oxygen atoms in total. The highest BCUT2D eigenvalue weighted by Crippen LogP contribution is 2.00. The fraction of sp³-hybridized carbons (Fsp3) is 0.273. The molecule has 1 rings (SSSR count). The summed E-state index contributed by atoms with van der Waals surface area (Å²) in [5.74, 6) is 1.25. The molecule has 0 aliphatic heterocycles. The molecule has 0 aliphatic carbocycles. The number of terminal acetylenes is 1. The van der Waals surface area contributed by atoms with Gasteiger partial charge in [0.25, 0.3) is 0 Å². The maximum Gasteiger partial charge on any atom is 0.341 e. The van der Waals surface area contributed by atoms with Crippen molar-refractivity contribution in [3.63, 3.8) is 0 Å². The second-order valence-electron chi connectivity index (χ2n) is 3.15. The summed E-state index contributed by atoms with van der Waals surface area (Å²) in [6.07, 6.45) is 6.95. The Morgan fingerprint density at radius 1 is 1.67 bits per heavy atom. The fourth-order valence-corrected chi connectivity index (χ4v) is 1.26. The Morgan fingerprint density at radius 2 is 2.33 bits per heavy atom. The van der Waals surface area contributed by atoms with E-state index in [4.69, 9.17) is 11.5 Å². The van der Waals surface area contributed by atoms with E-state index in [0.29, 0.717) is 18.7 Å². The summed E-state index contributed by atoms with van der Waals surface area (Å²) in [5, 5.41) is 8.75. The lowest BCUT2D eigenvalue weighted by molar-refractivity contribution is 0.0694. The molecule has 1 aromatic heterocycles. The second kappa shape index (κ2) is 4.47. The Kier molecular flexibility index (Phi) is 3.29. The standard InChI is InChI=1S/C11H11NO3/c1-3-4-5-12-7-9(11(14)15)10(13)6-8(12)2/h1,6-7H,4-5H2,2H3,(H,14,15). The summed E-state index contributed by atoms with van der Waals surface area (Å²) in [4.78, 5) is 22.0. The molecule has 78 valence electrons. The third-order valence-electron chi connectivity index (χ3n) is 2.07. The van der Waals surface area contributed by atoms with E-state index in [1.54, 1.807) is 11.5 Å². The van der Waals surface area contributed by atoms with Gasteiger partial charge in [-0.2, -0.15) is 0 Å². The minimum absolute atomic E-state index is 0.224. The monoisotopic (exact) mass is 205 g/mol. The van der Waals surface area contributed by atoms with Gasteiger partial charge in [0.2, 0.25) is 0 Å². The number of nitrogens with zero attached hydrogens (tertiary/aromatic N) is 1. The summed E-state index contributed by atoms with van der Waals surface area (Å²) in [6.45, 7) is 2.26. The number of hydrogen-bond acceptors (Lipinski definition) is 2. The SMILES string of the molecule is C#CCCn1cc(C(=O)O)c(=O)cc1C. The average Bonchev–Trinajstić information content (AvgIpc) is 2.16. The Hall–Kier alpha value is -2.02. The highest BCUT2D eigenvalue weighted by atomic mass is 16.4. The minimum atomic E-state index is -1.21. The van der Waals surface area contributed by atoms with Crippen molar-refractivity contribution in [3.8, 4) is 12.3 Å². The molecule has 0 atom stereocenters. The molecule has 0 amide bonds. The number of aryl methyl sites for hydroxylation is 2. The van der Waals surface area contributed by atoms with Gasteiger partial charge in [-0.05, 0) is 6.92 Å². The number of hydrogen-bond donors (Lipinski definition) is 1. The lowest BCUT2D eigenvalue weighted by Crippen LogP contribution is -2.18. The van der Waals surface area contributed by atoms with Gasteiger partial charge in [0.1, 0.15) is 5.56 Å². The highest BCUT2D eigenvalue weighted by molar-refractivity contribution is 5.87. The van der Waals surface area contributed by atoms with Crippen LogP contribution in [0.2, 0.25) is 0 Å². The average molecular weight is 205 g/mol. The molecule has 0 aliphatic rings. The van der Waals surface area contributed by atoms with Crippen molar-refractivity contribution in [2.24, 2.45) is 0 Å². The number of carbonyl (C=O) groups is 1. The first-order valence-corrected chi connectivity index (χ1v) is 4.44. The first-order chi connectivity index (χ1) is 7.06. The lowest BCUT2D eigenvalue weighted by atomic mass is 10.2. The zero-order valence-corrected chi connectivity index (χ0v) is 8.36. The Balaban J connectivity index is 3.19. The van der Waals surface area contributed by atoms with Gasteiger partial charge in [0.15, 0.2) is 5.43 Å². The van der Waals surface area contributed by atoms with Crippen LogP contribution in [-0.2, 0) is 6.54 Å². The molecule has 0 saturated heterocycles. The van der Waals surface area contributed by atoms with Crippen LogP contribution in [0.3, 0.4) is 0 Å². The molecule has 0 unspecified atom stereocenters. The number of carboxylic acids is 1. The van der Waals surface area contributed by atoms with Gasteiger partial charge < -0.3 is 9.67 Å². The Morgan fingerprint density at radius 3 is 2.87 bits per heavy atom. The van der Waals surface area contributed by atoms with E-state index in [1.807, 2.05) is 0 Å². The summed E-state index contributed by atoms with van der Waals surface area (Å²) in [7, 11) is 0. The van der Waals surface area contributed by atoms with Crippen LogP contribution >= 0.6 is 0 Å². The smallest absolute Gasteiger partial charge is 0.341 e. The van der Waals surface area contributed by atoms with Crippen LogP contribution in [0.1, 0.15) is 22.5 Å². The zero-order chi connectivity index (χ0) is 11.4. The van der Waals surface area contributed by atoms with Crippen molar-refractivity contribution < 1.29 is 9.90 Å². The third kappa shape index (κ3) is 2.47. The largest absolute Gasteiger partial charge is 0.477 e. The molecular formula is C11H11NO3. The van der Waals surface area contributed by atoms with E-state index in [2.05, 4.69) is 5.92 Å². The van der Waals surface area contributed by atoms with E-state index < -0.39 is 11.4 Å². The summed E-state index contributed by atoms with van der Waals surface area (Å²) in [5.41, 5.74) is 0.00910. The normalized spacial score (nSPS) is 9.60. The third-order valence-corrected chi connectivity index (χ3v) is 2.07. The van der Waals surface area contributed by atoms with E-state index in [0.717, 1.165) is 0 Å². The van der Waals surface area contributed by atoms with E-state index in [1.165, 1.54) is 12.3 Å². The predicted octanol–water partition coefficient (Wildman–Crippen LogP) is 0.878. The van der Waals surface area contributed by atoms with Crippen LogP contribution < -0.4 is 5.43 Å². The molecule has 15 heavy (non-hydrogen) atoms. The quantitative estimate of drug-likeness (QED) is 0.745. The Labute approximate surface area is 87.2 Å². The topological polar surface area (TPSA) is 59.3 Å². The summed E-state index contributed by atoms with van der Waals surface area (Å²) in [6, 6.07) is 1.31. The zero-order valence-electron chi connectivity index (χ0n) is 8.36. The molecule has 1 aromatic rings.